The van der Waals surface area contributed by atoms with E-state index in [0.29, 0.717) is 22.2 Å². The number of rotatable bonds is 9. The summed E-state index contributed by atoms with van der Waals surface area (Å²) >= 11 is 11.6. The van der Waals surface area contributed by atoms with E-state index >= 15 is 0 Å². The Bertz CT molecular complexity index is 505. The highest BCUT2D eigenvalue weighted by molar-refractivity contribution is 6.35. The van der Waals surface area contributed by atoms with Gasteiger partial charge in [-0.15, -0.1) is 0 Å². The lowest BCUT2D eigenvalue weighted by Gasteiger charge is -2.09. The van der Waals surface area contributed by atoms with Crippen LogP contribution in [0.25, 0.3) is 0 Å². The Hall–Kier alpha value is -1.46. The normalized spacial score (nSPS) is 10.1. The molecule has 0 aromatic heterocycles. The molecule has 0 aliphatic carbocycles. The number of carbonyl (C=O) groups is 2. The Labute approximate surface area is 139 Å². The van der Waals surface area contributed by atoms with E-state index in [4.69, 9.17) is 37.4 Å². The second-order valence-corrected chi connectivity index (χ2v) is 5.25. The van der Waals surface area contributed by atoms with Crippen LogP contribution in [0.4, 0.5) is 0 Å². The van der Waals surface area contributed by atoms with E-state index in [2.05, 4.69) is 0 Å². The SMILES string of the molecule is CCCCC(=O)OCCOC(=O)COc1ccc(Cl)cc1Cl. The van der Waals surface area contributed by atoms with Crippen LogP contribution in [0.15, 0.2) is 18.2 Å². The van der Waals surface area contributed by atoms with Crippen LogP contribution in [0.5, 0.6) is 5.75 Å². The minimum Gasteiger partial charge on any atom is -0.480 e. The monoisotopic (exact) mass is 348 g/mol. The molecular weight excluding hydrogens is 331 g/mol. The summed E-state index contributed by atoms with van der Waals surface area (Å²) < 4.78 is 15.0. The van der Waals surface area contributed by atoms with E-state index in [0.717, 1.165) is 12.8 Å². The molecule has 7 heteroatoms. The molecule has 0 heterocycles. The van der Waals surface area contributed by atoms with Gasteiger partial charge in [0.25, 0.3) is 0 Å². The molecule has 0 amide bonds. The predicted molar refractivity (Wildman–Crippen MR) is 83.4 cm³/mol. The van der Waals surface area contributed by atoms with Gasteiger partial charge in [0.05, 0.1) is 5.02 Å². The van der Waals surface area contributed by atoms with Crippen molar-refractivity contribution in [3.05, 3.63) is 28.2 Å². The summed E-state index contributed by atoms with van der Waals surface area (Å²) in [5.41, 5.74) is 0. The van der Waals surface area contributed by atoms with E-state index in [1.165, 1.54) is 6.07 Å². The van der Waals surface area contributed by atoms with Crippen molar-refractivity contribution in [3.63, 3.8) is 0 Å². The molecule has 0 saturated carbocycles. The van der Waals surface area contributed by atoms with Gasteiger partial charge in [-0.1, -0.05) is 36.5 Å². The first-order valence-corrected chi connectivity index (χ1v) is 7.67. The van der Waals surface area contributed by atoms with Crippen LogP contribution in [0.2, 0.25) is 10.0 Å². The van der Waals surface area contributed by atoms with Crippen molar-refractivity contribution in [2.24, 2.45) is 0 Å². The molecule has 0 aliphatic heterocycles. The largest absolute Gasteiger partial charge is 0.480 e. The van der Waals surface area contributed by atoms with Gasteiger partial charge in [0, 0.05) is 11.4 Å². The molecule has 0 radical (unpaired) electrons. The Kier molecular flexibility index (Phi) is 8.70. The lowest BCUT2D eigenvalue weighted by Crippen LogP contribution is -2.18. The number of ether oxygens (including phenoxy) is 3. The van der Waals surface area contributed by atoms with E-state index in [9.17, 15) is 9.59 Å². The molecule has 0 aliphatic rings. The van der Waals surface area contributed by atoms with Crippen molar-refractivity contribution in [2.45, 2.75) is 26.2 Å². The number of carbonyl (C=O) groups excluding carboxylic acids is 2. The zero-order valence-corrected chi connectivity index (χ0v) is 13.8. The molecule has 0 saturated heterocycles. The third-order valence-electron chi connectivity index (χ3n) is 2.58. The van der Waals surface area contributed by atoms with Gasteiger partial charge in [-0.05, 0) is 24.6 Å². The molecule has 0 fully saturated rings. The smallest absolute Gasteiger partial charge is 0.344 e. The third-order valence-corrected chi connectivity index (χ3v) is 3.11. The number of halogens is 2. The number of esters is 2. The van der Waals surface area contributed by atoms with Crippen LogP contribution < -0.4 is 4.74 Å². The van der Waals surface area contributed by atoms with Crippen molar-refractivity contribution < 1.29 is 23.8 Å². The standard InChI is InChI=1S/C15H18Cl2O5/c1-2-3-4-14(18)20-7-8-21-15(19)10-22-13-6-5-11(16)9-12(13)17/h5-6,9H,2-4,7-8,10H2,1H3. The first kappa shape index (κ1) is 18.6. The third kappa shape index (κ3) is 7.52. The van der Waals surface area contributed by atoms with Gasteiger partial charge in [-0.3, -0.25) is 4.79 Å². The van der Waals surface area contributed by atoms with Crippen LogP contribution in [0.3, 0.4) is 0 Å². The van der Waals surface area contributed by atoms with Crippen molar-refractivity contribution in [1.29, 1.82) is 0 Å². The van der Waals surface area contributed by atoms with Gasteiger partial charge >= 0.3 is 11.9 Å². The van der Waals surface area contributed by atoms with Gasteiger partial charge < -0.3 is 14.2 Å². The van der Waals surface area contributed by atoms with Crippen molar-refractivity contribution in [1.82, 2.24) is 0 Å². The molecule has 0 unspecified atom stereocenters. The zero-order valence-electron chi connectivity index (χ0n) is 12.3. The molecule has 0 spiro atoms. The highest BCUT2D eigenvalue weighted by Gasteiger charge is 2.08. The van der Waals surface area contributed by atoms with Crippen molar-refractivity contribution in [3.8, 4) is 5.75 Å². The van der Waals surface area contributed by atoms with Crippen LogP contribution in [-0.2, 0) is 19.1 Å². The highest BCUT2D eigenvalue weighted by Crippen LogP contribution is 2.27. The van der Waals surface area contributed by atoms with Crippen LogP contribution >= 0.6 is 23.2 Å². The van der Waals surface area contributed by atoms with E-state index < -0.39 is 5.97 Å². The fourth-order valence-corrected chi connectivity index (χ4v) is 1.94. The zero-order chi connectivity index (χ0) is 16.4. The minimum atomic E-state index is -0.573. The summed E-state index contributed by atoms with van der Waals surface area (Å²) in [6.07, 6.45) is 2.09. The molecule has 0 bridgehead atoms. The molecule has 122 valence electrons. The predicted octanol–water partition coefficient (Wildman–Crippen LogP) is 3.65. The molecule has 1 rings (SSSR count). The van der Waals surface area contributed by atoms with Crippen LogP contribution in [-0.4, -0.2) is 31.8 Å². The van der Waals surface area contributed by atoms with Gasteiger partial charge in [0.1, 0.15) is 19.0 Å². The maximum absolute atomic E-state index is 11.5. The lowest BCUT2D eigenvalue weighted by molar-refractivity contribution is -0.153. The van der Waals surface area contributed by atoms with Gasteiger partial charge in [0.15, 0.2) is 6.61 Å². The number of hydrogen-bond acceptors (Lipinski definition) is 5. The average Bonchev–Trinajstić information content (AvgIpc) is 2.48. The molecule has 0 N–H and O–H groups in total. The van der Waals surface area contributed by atoms with Crippen LogP contribution in [0.1, 0.15) is 26.2 Å². The summed E-state index contributed by atoms with van der Waals surface area (Å²) in [6, 6.07) is 4.68. The molecule has 1 aromatic rings. The minimum absolute atomic E-state index is 0.00555. The lowest BCUT2D eigenvalue weighted by atomic mass is 10.2. The van der Waals surface area contributed by atoms with Crippen molar-refractivity contribution in [2.75, 3.05) is 19.8 Å². The molecule has 0 atom stereocenters. The first-order valence-electron chi connectivity index (χ1n) is 6.92. The summed E-state index contributed by atoms with van der Waals surface area (Å²) in [4.78, 5) is 22.7. The van der Waals surface area contributed by atoms with E-state index in [1.807, 2.05) is 6.92 Å². The maximum Gasteiger partial charge on any atom is 0.344 e. The Morgan fingerprint density at radius 2 is 1.77 bits per heavy atom. The quantitative estimate of drug-likeness (QED) is 0.503. The summed E-state index contributed by atoms with van der Waals surface area (Å²) in [6.45, 7) is 1.73. The molecular formula is C15H18Cl2O5. The number of benzene rings is 1. The van der Waals surface area contributed by atoms with E-state index in [-0.39, 0.29) is 25.8 Å². The van der Waals surface area contributed by atoms with Crippen molar-refractivity contribution >= 4 is 35.1 Å². The average molecular weight is 349 g/mol. The van der Waals surface area contributed by atoms with Gasteiger partial charge in [0.2, 0.25) is 0 Å². The molecule has 1 aromatic carbocycles. The van der Waals surface area contributed by atoms with Gasteiger partial charge in [-0.25, -0.2) is 4.79 Å². The fraction of sp³-hybridized carbons (Fsp3) is 0.467. The van der Waals surface area contributed by atoms with Gasteiger partial charge in [-0.2, -0.15) is 0 Å². The summed E-state index contributed by atoms with van der Waals surface area (Å²) in [5.74, 6) is -0.522. The Morgan fingerprint density at radius 3 is 2.41 bits per heavy atom. The van der Waals surface area contributed by atoms with Crippen LogP contribution in [0, 0.1) is 0 Å². The number of hydrogen-bond donors (Lipinski definition) is 0. The molecule has 5 nitrogen and oxygen atoms in total. The topological polar surface area (TPSA) is 61.8 Å². The Morgan fingerprint density at radius 1 is 1.09 bits per heavy atom. The first-order chi connectivity index (χ1) is 10.5. The second kappa shape index (κ2) is 10.3. The highest BCUT2D eigenvalue weighted by atomic mass is 35.5. The second-order valence-electron chi connectivity index (χ2n) is 4.41. The maximum atomic E-state index is 11.5. The summed E-state index contributed by atoms with van der Waals surface area (Å²) in [7, 11) is 0. The molecule has 22 heavy (non-hydrogen) atoms. The van der Waals surface area contributed by atoms with E-state index in [1.54, 1.807) is 12.1 Å². The number of unbranched alkanes of at least 4 members (excludes halogenated alkanes) is 1. The fourth-order valence-electron chi connectivity index (χ4n) is 1.47. The summed E-state index contributed by atoms with van der Waals surface area (Å²) in [5, 5.41) is 0.787. The Balaban J connectivity index is 2.17.